The molecule has 3 heterocycles. The highest BCUT2D eigenvalue weighted by atomic mass is 19.1. The third kappa shape index (κ3) is 3.14. The van der Waals surface area contributed by atoms with Gasteiger partial charge in [-0.3, -0.25) is 9.20 Å². The summed E-state index contributed by atoms with van der Waals surface area (Å²) < 4.78 is 20.9. The van der Waals surface area contributed by atoms with E-state index in [0.717, 1.165) is 31.5 Å². The molecule has 0 radical (unpaired) electrons. The lowest BCUT2D eigenvalue weighted by molar-refractivity contribution is 0.143. The molecule has 27 heavy (non-hydrogen) atoms. The van der Waals surface area contributed by atoms with Crippen LogP contribution in [-0.2, 0) is 0 Å². The minimum Gasteiger partial charge on any atom is -0.449 e. The first kappa shape index (κ1) is 17.8. The fourth-order valence-corrected chi connectivity index (χ4v) is 3.91. The van der Waals surface area contributed by atoms with Gasteiger partial charge in [0.15, 0.2) is 11.6 Å². The molecule has 2 aliphatic rings. The summed E-state index contributed by atoms with van der Waals surface area (Å²) in [4.78, 5) is 27.8. The van der Waals surface area contributed by atoms with Gasteiger partial charge in [-0.15, -0.1) is 0 Å². The van der Waals surface area contributed by atoms with Gasteiger partial charge in [0, 0.05) is 26.2 Å². The summed E-state index contributed by atoms with van der Waals surface area (Å²) in [5, 5.41) is 8.90. The maximum atomic E-state index is 15.0. The molecule has 144 valence electrons. The average molecular weight is 375 g/mol. The minimum absolute atomic E-state index is 0.237. The Bertz CT molecular complexity index is 975. The van der Waals surface area contributed by atoms with E-state index in [1.54, 1.807) is 0 Å². The van der Waals surface area contributed by atoms with Crippen molar-refractivity contribution in [3.8, 4) is 5.75 Å². The van der Waals surface area contributed by atoms with Crippen molar-refractivity contribution >= 4 is 17.4 Å². The van der Waals surface area contributed by atoms with Crippen LogP contribution in [-0.4, -0.2) is 53.8 Å². The molecular weight excluding hydrogens is 353 g/mol. The van der Waals surface area contributed by atoms with E-state index < -0.39 is 17.5 Å². The highest BCUT2D eigenvalue weighted by Crippen LogP contribution is 2.44. The molecule has 1 N–H and O–H groups in total. The molecule has 1 saturated heterocycles. The number of pyridine rings is 2. The van der Waals surface area contributed by atoms with E-state index in [-0.39, 0.29) is 11.7 Å². The topological polar surface area (TPSA) is 74.5 Å². The number of likely N-dealkylation sites (N-methyl/N-ethyl adjacent to an activating group) is 1. The Morgan fingerprint density at radius 1 is 1.26 bits per heavy atom. The van der Waals surface area contributed by atoms with Crippen LogP contribution in [0.15, 0.2) is 17.1 Å². The van der Waals surface area contributed by atoms with Crippen molar-refractivity contribution in [3.63, 3.8) is 0 Å². The first-order chi connectivity index (χ1) is 12.9. The fourth-order valence-electron chi connectivity index (χ4n) is 3.91. The molecule has 8 heteroatoms. The number of aromatic nitrogens is 1. The number of hydrogen-bond acceptors (Lipinski definition) is 5. The van der Waals surface area contributed by atoms with Crippen LogP contribution in [0.5, 0.6) is 5.75 Å². The summed E-state index contributed by atoms with van der Waals surface area (Å²) in [5.41, 5.74) is 2.08. The van der Waals surface area contributed by atoms with Crippen molar-refractivity contribution in [1.29, 1.82) is 0 Å². The molecule has 0 bridgehead atoms. The van der Waals surface area contributed by atoms with E-state index in [9.17, 15) is 9.59 Å². The number of ether oxygens (including phenoxy) is 1. The zero-order chi connectivity index (χ0) is 19.3. The molecule has 7 nitrogen and oxygen atoms in total. The number of piperazine rings is 1. The van der Waals surface area contributed by atoms with Gasteiger partial charge in [0.1, 0.15) is 0 Å². The summed E-state index contributed by atoms with van der Waals surface area (Å²) in [7, 11) is 2.04. The summed E-state index contributed by atoms with van der Waals surface area (Å²) in [6.45, 7) is 4.95. The predicted molar refractivity (Wildman–Crippen MR) is 98.7 cm³/mol. The van der Waals surface area contributed by atoms with E-state index in [2.05, 4.69) is 9.64 Å². The van der Waals surface area contributed by atoms with E-state index in [4.69, 9.17) is 5.11 Å². The Labute approximate surface area is 155 Å². The van der Waals surface area contributed by atoms with Crippen molar-refractivity contribution in [2.75, 3.05) is 38.1 Å². The summed E-state index contributed by atoms with van der Waals surface area (Å²) in [5.74, 6) is -0.532. The molecule has 2 fully saturated rings. The maximum absolute atomic E-state index is 15.0. The lowest BCUT2D eigenvalue weighted by Gasteiger charge is -2.35. The quantitative estimate of drug-likeness (QED) is 0.831. The van der Waals surface area contributed by atoms with Gasteiger partial charge >= 0.3 is 6.16 Å². The molecular formula is C19H22FN3O4. The Hall–Kier alpha value is -2.61. The number of rotatable bonds is 3. The number of carbonyl (C=O) groups is 1. The highest BCUT2D eigenvalue weighted by molar-refractivity contribution is 5.74. The fraction of sp³-hybridized carbons (Fsp3) is 0.474. The molecule has 2 aromatic heterocycles. The smallest absolute Gasteiger partial charge is 0.449 e. The van der Waals surface area contributed by atoms with E-state index in [1.807, 2.05) is 18.9 Å². The van der Waals surface area contributed by atoms with Gasteiger partial charge in [-0.05, 0) is 49.9 Å². The zero-order valence-corrected chi connectivity index (χ0v) is 15.4. The second-order valence-corrected chi connectivity index (χ2v) is 7.37. The van der Waals surface area contributed by atoms with Gasteiger partial charge in [0.2, 0.25) is 0 Å². The number of aryl methyl sites for hydroxylation is 1. The molecule has 1 aliphatic heterocycles. The molecule has 4 rings (SSSR count). The van der Waals surface area contributed by atoms with Gasteiger partial charge in [-0.25, -0.2) is 9.18 Å². The maximum Gasteiger partial charge on any atom is 0.511 e. The monoisotopic (exact) mass is 375 g/mol. The summed E-state index contributed by atoms with van der Waals surface area (Å²) in [6, 6.07) is 1.52. The normalized spacial score (nSPS) is 18.1. The number of halogens is 1. The minimum atomic E-state index is -1.56. The number of hydrogen-bond donors (Lipinski definition) is 1. The van der Waals surface area contributed by atoms with Gasteiger partial charge in [-0.2, -0.15) is 0 Å². The standard InChI is InChI=1S/C19H22FN3O4/c1-11-16-13(12-3-4-12)9-15(27-19(25)26)18(24)23(16)10-14(20)17(11)22-7-5-21(2)6-8-22/h9-10,12H,3-8H2,1-2H3,(H,25,26). The average Bonchev–Trinajstić information content (AvgIpc) is 3.44. The van der Waals surface area contributed by atoms with Crippen LogP contribution in [0.3, 0.4) is 0 Å². The largest absolute Gasteiger partial charge is 0.511 e. The first-order valence-electron chi connectivity index (χ1n) is 9.09. The third-order valence-corrected chi connectivity index (χ3v) is 5.44. The number of fused-ring (bicyclic) bond motifs is 1. The molecule has 0 atom stereocenters. The lowest BCUT2D eigenvalue weighted by atomic mass is 10.0. The number of anilines is 1. The van der Waals surface area contributed by atoms with Crippen LogP contribution in [0.1, 0.15) is 29.9 Å². The van der Waals surface area contributed by atoms with Crippen molar-refractivity contribution in [2.45, 2.75) is 25.7 Å². The SMILES string of the molecule is Cc1c(N2CCN(C)CC2)c(F)cn2c(=O)c(OC(=O)O)cc(C3CC3)c12. The van der Waals surface area contributed by atoms with Gasteiger partial charge in [-0.1, -0.05) is 0 Å². The molecule has 0 amide bonds. The molecule has 1 aliphatic carbocycles. The third-order valence-electron chi connectivity index (χ3n) is 5.44. The van der Waals surface area contributed by atoms with E-state index >= 15 is 4.39 Å². The van der Waals surface area contributed by atoms with E-state index in [0.29, 0.717) is 29.9 Å². The Kier molecular flexibility index (Phi) is 4.30. The molecule has 1 saturated carbocycles. The van der Waals surface area contributed by atoms with Gasteiger partial charge in [0.05, 0.1) is 17.4 Å². The van der Waals surface area contributed by atoms with Gasteiger partial charge in [0.25, 0.3) is 5.56 Å². The summed E-state index contributed by atoms with van der Waals surface area (Å²) in [6.07, 6.45) is 1.53. The number of nitrogens with zero attached hydrogens (tertiary/aromatic N) is 3. The second kappa shape index (κ2) is 6.53. The molecule has 0 aromatic carbocycles. The lowest BCUT2D eigenvalue weighted by Crippen LogP contribution is -2.45. The Morgan fingerprint density at radius 3 is 2.52 bits per heavy atom. The van der Waals surface area contributed by atoms with Gasteiger partial charge < -0.3 is 19.6 Å². The zero-order valence-electron chi connectivity index (χ0n) is 15.4. The molecule has 0 unspecified atom stereocenters. The molecule has 0 spiro atoms. The van der Waals surface area contributed by atoms with Crippen molar-refractivity contribution in [3.05, 3.63) is 39.6 Å². The van der Waals surface area contributed by atoms with Crippen LogP contribution in [0.4, 0.5) is 14.9 Å². The summed E-state index contributed by atoms with van der Waals surface area (Å²) >= 11 is 0. The predicted octanol–water partition coefficient (Wildman–Crippen LogP) is 2.43. The van der Waals surface area contributed by atoms with Crippen LogP contribution in [0.25, 0.3) is 5.52 Å². The highest BCUT2D eigenvalue weighted by Gasteiger charge is 2.30. The van der Waals surface area contributed by atoms with Crippen LogP contribution >= 0.6 is 0 Å². The molecule has 2 aromatic rings. The van der Waals surface area contributed by atoms with Crippen molar-refractivity contribution in [1.82, 2.24) is 9.30 Å². The Balaban J connectivity index is 1.92. The number of carboxylic acid groups (broad SMARTS) is 1. The van der Waals surface area contributed by atoms with Crippen LogP contribution in [0.2, 0.25) is 0 Å². The van der Waals surface area contributed by atoms with Crippen molar-refractivity contribution in [2.24, 2.45) is 0 Å². The van der Waals surface area contributed by atoms with Crippen LogP contribution in [0, 0.1) is 12.7 Å². The first-order valence-corrected chi connectivity index (χ1v) is 9.09. The van der Waals surface area contributed by atoms with Crippen LogP contribution < -0.4 is 15.2 Å². The second-order valence-electron chi connectivity index (χ2n) is 7.37. The van der Waals surface area contributed by atoms with Crippen molar-refractivity contribution < 1.29 is 19.0 Å². The Morgan fingerprint density at radius 2 is 1.93 bits per heavy atom. The van der Waals surface area contributed by atoms with E-state index in [1.165, 1.54) is 16.7 Å².